The highest BCUT2D eigenvalue weighted by Crippen LogP contribution is 2.39. The minimum absolute atomic E-state index is 0.103. The quantitative estimate of drug-likeness (QED) is 0.253. The van der Waals surface area contributed by atoms with Crippen LogP contribution < -0.4 is 9.47 Å². The molecule has 0 fully saturated rings. The summed E-state index contributed by atoms with van der Waals surface area (Å²) in [7, 11) is 0. The molecule has 4 nitrogen and oxygen atoms in total. The van der Waals surface area contributed by atoms with Crippen LogP contribution in [0.1, 0.15) is 60.3 Å². The smallest absolute Gasteiger partial charge is 0.339 e. The molecule has 36 heavy (non-hydrogen) atoms. The van der Waals surface area contributed by atoms with Gasteiger partial charge in [0.15, 0.2) is 0 Å². The normalized spacial score (nSPS) is 11.7. The summed E-state index contributed by atoms with van der Waals surface area (Å²) in [5.41, 5.74) is 4.23. The van der Waals surface area contributed by atoms with Crippen LogP contribution >= 0.6 is 0 Å². The number of carboxylic acid groups (broad SMARTS) is 1. The molecule has 0 aromatic heterocycles. The molecule has 0 atom stereocenters. The topological polar surface area (TPSA) is 55.8 Å². The Hall–Kier alpha value is -4.05. The number of hydrogen-bond acceptors (Lipinski definition) is 3. The number of para-hydroxylation sites is 1. The summed E-state index contributed by atoms with van der Waals surface area (Å²) in [6, 6.07) is 33.7. The number of hydrogen-bond donors (Lipinski definition) is 1. The van der Waals surface area contributed by atoms with Gasteiger partial charge in [-0.1, -0.05) is 107 Å². The molecule has 0 bridgehead atoms. The first-order valence-electron chi connectivity index (χ1n) is 12.0. The molecule has 4 rings (SSSR count). The van der Waals surface area contributed by atoms with E-state index in [-0.39, 0.29) is 28.9 Å². The van der Waals surface area contributed by atoms with E-state index < -0.39 is 5.97 Å². The van der Waals surface area contributed by atoms with Crippen LogP contribution in [0.5, 0.6) is 11.5 Å². The Labute approximate surface area is 213 Å². The molecule has 0 saturated heterocycles. The number of rotatable bonds is 9. The molecule has 0 radical (unpaired) electrons. The fourth-order valence-electron chi connectivity index (χ4n) is 4.38. The predicted octanol–water partition coefficient (Wildman–Crippen LogP) is 7.45. The number of ether oxygens (including phenoxy) is 2. The molecule has 4 aromatic rings. The number of carboxylic acids is 1. The summed E-state index contributed by atoms with van der Waals surface area (Å²) in [4.78, 5) is 11.5. The second kappa shape index (κ2) is 10.3. The van der Waals surface area contributed by atoms with Crippen LogP contribution in [0.3, 0.4) is 0 Å². The van der Waals surface area contributed by atoms with E-state index in [0.29, 0.717) is 5.75 Å². The average molecular weight is 481 g/mol. The zero-order chi connectivity index (χ0) is 25.8. The van der Waals surface area contributed by atoms with E-state index in [0.717, 1.165) is 11.1 Å². The van der Waals surface area contributed by atoms with Crippen molar-refractivity contribution in [2.45, 2.75) is 38.5 Å². The third kappa shape index (κ3) is 5.28. The molecule has 0 spiro atoms. The minimum Gasteiger partial charge on any atom is -0.478 e. The Morgan fingerprint density at radius 3 is 1.61 bits per heavy atom. The van der Waals surface area contributed by atoms with Gasteiger partial charge in [-0.2, -0.15) is 0 Å². The lowest BCUT2D eigenvalue weighted by atomic mass is 9.73. The lowest BCUT2D eigenvalue weighted by Gasteiger charge is -2.31. The van der Waals surface area contributed by atoms with Crippen LogP contribution in [0.25, 0.3) is 0 Å². The maximum atomic E-state index is 11.5. The molecule has 0 saturated carbocycles. The Balaban J connectivity index is 1.70. The van der Waals surface area contributed by atoms with Crippen LogP contribution in [0.15, 0.2) is 103 Å². The van der Waals surface area contributed by atoms with E-state index in [1.165, 1.54) is 17.2 Å². The van der Waals surface area contributed by atoms with Gasteiger partial charge in [0.1, 0.15) is 17.1 Å². The van der Waals surface area contributed by atoms with Crippen molar-refractivity contribution in [3.05, 3.63) is 131 Å². The van der Waals surface area contributed by atoms with Crippen LogP contribution in [0.2, 0.25) is 0 Å². The fourth-order valence-corrected chi connectivity index (χ4v) is 4.38. The highest BCUT2D eigenvalue weighted by Gasteiger charge is 2.29. The highest BCUT2D eigenvalue weighted by molar-refractivity contribution is 5.90. The minimum atomic E-state index is -1.04. The van der Waals surface area contributed by atoms with Gasteiger partial charge in [-0.3, -0.25) is 0 Å². The van der Waals surface area contributed by atoms with Gasteiger partial charge in [0, 0.05) is 10.8 Å². The molecule has 0 unspecified atom stereocenters. The first-order chi connectivity index (χ1) is 17.2. The lowest BCUT2D eigenvalue weighted by molar-refractivity contribution is 0.0682. The zero-order valence-corrected chi connectivity index (χ0v) is 21.2. The number of carbonyl (C=O) groups is 1. The second-order valence-corrected chi connectivity index (χ2v) is 9.94. The monoisotopic (exact) mass is 480 g/mol. The van der Waals surface area contributed by atoms with Crippen molar-refractivity contribution >= 4 is 5.97 Å². The summed E-state index contributed by atoms with van der Waals surface area (Å²) >= 11 is 0. The molecule has 1 N–H and O–H groups in total. The van der Waals surface area contributed by atoms with Crippen LogP contribution in [-0.2, 0) is 10.8 Å². The van der Waals surface area contributed by atoms with Crippen molar-refractivity contribution in [3.63, 3.8) is 0 Å². The lowest BCUT2D eigenvalue weighted by Crippen LogP contribution is -2.23. The first-order valence-corrected chi connectivity index (χ1v) is 12.0. The molecular weight excluding hydrogens is 448 g/mol. The van der Waals surface area contributed by atoms with E-state index in [9.17, 15) is 9.90 Å². The molecule has 0 amide bonds. The molecule has 4 aromatic carbocycles. The van der Waals surface area contributed by atoms with Gasteiger partial charge in [0.2, 0.25) is 6.79 Å². The third-order valence-electron chi connectivity index (χ3n) is 6.90. The molecule has 0 aliphatic carbocycles. The first kappa shape index (κ1) is 25.1. The predicted molar refractivity (Wildman–Crippen MR) is 143 cm³/mol. The van der Waals surface area contributed by atoms with Crippen LogP contribution in [-0.4, -0.2) is 17.9 Å². The van der Waals surface area contributed by atoms with Gasteiger partial charge in [-0.25, -0.2) is 4.79 Å². The Morgan fingerprint density at radius 1 is 0.639 bits per heavy atom. The van der Waals surface area contributed by atoms with Gasteiger partial charge >= 0.3 is 5.97 Å². The third-order valence-corrected chi connectivity index (χ3v) is 6.90. The summed E-state index contributed by atoms with van der Waals surface area (Å²) in [6.07, 6.45) is 0. The van der Waals surface area contributed by atoms with Crippen LogP contribution in [0.4, 0.5) is 0 Å². The van der Waals surface area contributed by atoms with E-state index in [4.69, 9.17) is 9.47 Å². The van der Waals surface area contributed by atoms with Gasteiger partial charge in [0.25, 0.3) is 0 Å². The number of benzene rings is 4. The molecule has 0 aliphatic rings. The van der Waals surface area contributed by atoms with Crippen LogP contribution in [0, 0.1) is 0 Å². The standard InChI is InChI=1S/C32H32O4/c1-31(2,23-13-7-5-8-14-23)25-19-26(32(3,4)24-15-9-6-10-16-24)21-27(20-25)35-22-36-29-18-12-11-17-28(29)30(33)34/h5-21H,22H2,1-4H3,(H,33,34). The summed E-state index contributed by atoms with van der Waals surface area (Å²) in [5, 5.41) is 9.43. The summed E-state index contributed by atoms with van der Waals surface area (Å²) in [5.74, 6) is -0.0944. The SMILES string of the molecule is CC(C)(c1ccccc1)c1cc(OCOc2ccccc2C(=O)O)cc(C(C)(C)c2ccccc2)c1. The fraction of sp³-hybridized carbons (Fsp3) is 0.219. The molecule has 0 aliphatic heterocycles. The highest BCUT2D eigenvalue weighted by atomic mass is 16.7. The average Bonchev–Trinajstić information content (AvgIpc) is 2.89. The Morgan fingerprint density at radius 2 is 1.11 bits per heavy atom. The van der Waals surface area contributed by atoms with Gasteiger partial charge in [0.05, 0.1) is 0 Å². The van der Waals surface area contributed by atoms with Crippen molar-refractivity contribution in [1.82, 2.24) is 0 Å². The summed E-state index contributed by atoms with van der Waals surface area (Å²) in [6.45, 7) is 8.73. The Bertz CT molecular complexity index is 1260. The largest absolute Gasteiger partial charge is 0.478 e. The second-order valence-electron chi connectivity index (χ2n) is 9.94. The van der Waals surface area contributed by atoms with Gasteiger partial charge in [-0.05, 0) is 46.5 Å². The maximum Gasteiger partial charge on any atom is 0.339 e. The van der Waals surface area contributed by atoms with Crippen molar-refractivity contribution in [3.8, 4) is 11.5 Å². The maximum absolute atomic E-state index is 11.5. The van der Waals surface area contributed by atoms with Crippen molar-refractivity contribution in [2.24, 2.45) is 0 Å². The van der Waals surface area contributed by atoms with Crippen molar-refractivity contribution in [2.75, 3.05) is 6.79 Å². The zero-order valence-electron chi connectivity index (χ0n) is 21.2. The van der Waals surface area contributed by atoms with E-state index in [1.807, 2.05) is 24.3 Å². The Kier molecular flexibility index (Phi) is 7.16. The van der Waals surface area contributed by atoms with E-state index in [2.05, 4.69) is 82.3 Å². The summed E-state index contributed by atoms with van der Waals surface area (Å²) < 4.78 is 11.8. The van der Waals surface area contributed by atoms with Gasteiger partial charge < -0.3 is 14.6 Å². The van der Waals surface area contributed by atoms with Gasteiger partial charge in [-0.15, -0.1) is 0 Å². The van der Waals surface area contributed by atoms with Crippen molar-refractivity contribution in [1.29, 1.82) is 0 Å². The molecular formula is C32H32O4. The number of aromatic carboxylic acids is 1. The van der Waals surface area contributed by atoms with Crippen molar-refractivity contribution < 1.29 is 19.4 Å². The molecule has 4 heteroatoms. The molecule has 184 valence electrons. The van der Waals surface area contributed by atoms with E-state index >= 15 is 0 Å². The molecule has 0 heterocycles. The van der Waals surface area contributed by atoms with E-state index in [1.54, 1.807) is 18.2 Å².